The van der Waals surface area contributed by atoms with Crippen LogP contribution in [0, 0.1) is 0 Å². The van der Waals surface area contributed by atoms with Crippen LogP contribution in [-0.4, -0.2) is 37.2 Å². The van der Waals surface area contributed by atoms with Crippen LogP contribution in [-0.2, 0) is 14.3 Å². The molecule has 0 saturated heterocycles. The van der Waals surface area contributed by atoms with E-state index in [4.69, 9.17) is 14.2 Å². The fourth-order valence-corrected chi connectivity index (χ4v) is 3.17. The number of rotatable bonds is 9. The summed E-state index contributed by atoms with van der Waals surface area (Å²) in [6, 6.07) is 14.2. The van der Waals surface area contributed by atoms with Gasteiger partial charge in [-0.3, -0.25) is 14.4 Å². The Kier molecular flexibility index (Phi) is 7.48. The molecule has 2 aromatic rings. The third-order valence-electron chi connectivity index (χ3n) is 4.80. The van der Waals surface area contributed by atoms with Crippen LogP contribution in [0.15, 0.2) is 48.5 Å². The summed E-state index contributed by atoms with van der Waals surface area (Å²) < 4.78 is 15.6. The largest absolute Gasteiger partial charge is 0.454 e. The van der Waals surface area contributed by atoms with Gasteiger partial charge >= 0.3 is 5.97 Å². The normalized spacial score (nSPS) is 13.7. The molecular formula is C23H26N2O6. The highest BCUT2D eigenvalue weighted by Crippen LogP contribution is 2.32. The van der Waals surface area contributed by atoms with Crippen LogP contribution < -0.4 is 20.1 Å². The molecule has 0 radical (unpaired) electrons. The second kappa shape index (κ2) is 10.5. The molecule has 2 N–H and O–H groups in total. The Morgan fingerprint density at radius 1 is 1.06 bits per heavy atom. The van der Waals surface area contributed by atoms with Crippen molar-refractivity contribution in [2.24, 2.45) is 0 Å². The first-order valence-electron chi connectivity index (χ1n) is 10.2. The molecule has 2 atom stereocenters. The SMILES string of the molecule is CCCC(NC(=O)C(C)OC(=O)CNC(=O)c1ccc2c(c1)OCO2)c1ccccc1. The van der Waals surface area contributed by atoms with Crippen molar-refractivity contribution < 1.29 is 28.6 Å². The minimum absolute atomic E-state index is 0.107. The van der Waals surface area contributed by atoms with Gasteiger partial charge in [-0.2, -0.15) is 0 Å². The average Bonchev–Trinajstić information content (AvgIpc) is 3.25. The van der Waals surface area contributed by atoms with E-state index in [9.17, 15) is 14.4 Å². The lowest BCUT2D eigenvalue weighted by Gasteiger charge is -2.21. The van der Waals surface area contributed by atoms with E-state index in [-0.39, 0.29) is 19.4 Å². The van der Waals surface area contributed by atoms with Crippen molar-refractivity contribution >= 4 is 17.8 Å². The Hall–Kier alpha value is -3.55. The van der Waals surface area contributed by atoms with E-state index >= 15 is 0 Å². The molecule has 1 aliphatic rings. The Morgan fingerprint density at radius 2 is 1.81 bits per heavy atom. The number of carbonyl (C=O) groups is 3. The lowest BCUT2D eigenvalue weighted by atomic mass is 10.0. The number of amides is 2. The summed E-state index contributed by atoms with van der Waals surface area (Å²) in [4.78, 5) is 36.9. The molecule has 0 aliphatic carbocycles. The van der Waals surface area contributed by atoms with Gasteiger partial charge in [0.1, 0.15) is 6.54 Å². The minimum atomic E-state index is -0.988. The second-order valence-electron chi connectivity index (χ2n) is 7.14. The number of hydrogen-bond donors (Lipinski definition) is 2. The van der Waals surface area contributed by atoms with Crippen LogP contribution in [0.1, 0.15) is 48.7 Å². The summed E-state index contributed by atoms with van der Waals surface area (Å²) in [5, 5.41) is 5.40. The minimum Gasteiger partial charge on any atom is -0.454 e. The monoisotopic (exact) mass is 426 g/mol. The summed E-state index contributed by atoms with van der Waals surface area (Å²) in [6.07, 6.45) is 0.667. The first kappa shape index (κ1) is 22.1. The molecule has 0 bridgehead atoms. The fraction of sp³-hybridized carbons (Fsp3) is 0.348. The van der Waals surface area contributed by atoms with E-state index in [0.717, 1.165) is 18.4 Å². The van der Waals surface area contributed by atoms with Gasteiger partial charge in [0, 0.05) is 5.56 Å². The number of nitrogens with one attached hydrogen (secondary N) is 2. The zero-order valence-corrected chi connectivity index (χ0v) is 17.6. The maximum absolute atomic E-state index is 12.5. The first-order chi connectivity index (χ1) is 15.0. The number of carbonyl (C=O) groups excluding carboxylic acids is 3. The van der Waals surface area contributed by atoms with Crippen molar-refractivity contribution in [3.8, 4) is 11.5 Å². The Bertz CT molecular complexity index is 931. The Labute approximate surface area is 180 Å². The zero-order chi connectivity index (χ0) is 22.2. The predicted molar refractivity (Wildman–Crippen MR) is 113 cm³/mol. The Morgan fingerprint density at radius 3 is 2.55 bits per heavy atom. The van der Waals surface area contributed by atoms with Gasteiger partial charge in [-0.1, -0.05) is 43.7 Å². The molecule has 2 aromatic carbocycles. The maximum atomic E-state index is 12.5. The molecule has 0 spiro atoms. The standard InChI is InChI=1S/C23H26N2O6/c1-3-7-18(16-8-5-4-6-9-16)25-22(27)15(2)31-21(26)13-24-23(28)17-10-11-19-20(12-17)30-14-29-19/h4-6,8-12,15,18H,3,7,13-14H2,1-2H3,(H,24,28)(H,25,27). The molecular weight excluding hydrogens is 400 g/mol. The van der Waals surface area contributed by atoms with Crippen LogP contribution in [0.4, 0.5) is 0 Å². The summed E-state index contributed by atoms with van der Waals surface area (Å²) in [5.74, 6) is -0.520. The fourth-order valence-electron chi connectivity index (χ4n) is 3.17. The van der Waals surface area contributed by atoms with Crippen molar-refractivity contribution in [3.63, 3.8) is 0 Å². The topological polar surface area (TPSA) is 103 Å². The highest BCUT2D eigenvalue weighted by Gasteiger charge is 2.22. The van der Waals surface area contributed by atoms with E-state index < -0.39 is 23.9 Å². The van der Waals surface area contributed by atoms with Gasteiger partial charge in [-0.25, -0.2) is 0 Å². The van der Waals surface area contributed by atoms with Crippen LogP contribution in [0.3, 0.4) is 0 Å². The molecule has 1 aliphatic heterocycles. The van der Waals surface area contributed by atoms with Crippen molar-refractivity contribution in [2.45, 2.75) is 38.8 Å². The van der Waals surface area contributed by atoms with E-state index in [1.165, 1.54) is 13.0 Å². The van der Waals surface area contributed by atoms with Crippen molar-refractivity contribution in [1.82, 2.24) is 10.6 Å². The van der Waals surface area contributed by atoms with E-state index in [0.29, 0.717) is 17.1 Å². The summed E-state index contributed by atoms with van der Waals surface area (Å²) in [6.45, 7) is 3.29. The third kappa shape index (κ3) is 5.97. The van der Waals surface area contributed by atoms with Gasteiger partial charge in [-0.15, -0.1) is 0 Å². The summed E-state index contributed by atoms with van der Waals surface area (Å²) in [7, 11) is 0. The summed E-state index contributed by atoms with van der Waals surface area (Å²) in [5.41, 5.74) is 1.32. The molecule has 164 valence electrons. The molecule has 0 saturated carbocycles. The van der Waals surface area contributed by atoms with E-state index in [1.54, 1.807) is 12.1 Å². The smallest absolute Gasteiger partial charge is 0.326 e. The molecule has 3 rings (SSSR count). The Balaban J connectivity index is 1.48. The molecule has 8 nitrogen and oxygen atoms in total. The molecule has 2 unspecified atom stereocenters. The van der Waals surface area contributed by atoms with Gasteiger partial charge in [0.2, 0.25) is 6.79 Å². The van der Waals surface area contributed by atoms with Crippen LogP contribution in [0.2, 0.25) is 0 Å². The van der Waals surface area contributed by atoms with Crippen molar-refractivity contribution in [3.05, 3.63) is 59.7 Å². The van der Waals surface area contributed by atoms with E-state index in [2.05, 4.69) is 10.6 Å². The molecule has 1 heterocycles. The highest BCUT2D eigenvalue weighted by molar-refractivity contribution is 5.96. The van der Waals surface area contributed by atoms with Crippen molar-refractivity contribution in [1.29, 1.82) is 0 Å². The summed E-state index contributed by atoms with van der Waals surface area (Å²) >= 11 is 0. The van der Waals surface area contributed by atoms with Gasteiger partial charge in [0.05, 0.1) is 6.04 Å². The number of benzene rings is 2. The number of fused-ring (bicyclic) bond motifs is 1. The van der Waals surface area contributed by atoms with Gasteiger partial charge in [0.15, 0.2) is 17.6 Å². The first-order valence-corrected chi connectivity index (χ1v) is 10.2. The highest BCUT2D eigenvalue weighted by atomic mass is 16.7. The number of ether oxygens (including phenoxy) is 3. The number of hydrogen-bond acceptors (Lipinski definition) is 6. The average molecular weight is 426 g/mol. The predicted octanol–water partition coefficient (Wildman–Crippen LogP) is 2.73. The number of esters is 1. The van der Waals surface area contributed by atoms with Gasteiger partial charge in [-0.05, 0) is 37.1 Å². The van der Waals surface area contributed by atoms with Crippen LogP contribution >= 0.6 is 0 Å². The second-order valence-corrected chi connectivity index (χ2v) is 7.14. The van der Waals surface area contributed by atoms with Crippen molar-refractivity contribution in [2.75, 3.05) is 13.3 Å². The quantitative estimate of drug-likeness (QED) is 0.598. The zero-order valence-electron chi connectivity index (χ0n) is 17.6. The van der Waals surface area contributed by atoms with Gasteiger partial charge in [0.25, 0.3) is 11.8 Å². The lowest BCUT2D eigenvalue weighted by Crippen LogP contribution is -2.40. The van der Waals surface area contributed by atoms with Gasteiger partial charge < -0.3 is 24.8 Å². The molecule has 0 aromatic heterocycles. The molecule has 31 heavy (non-hydrogen) atoms. The van der Waals surface area contributed by atoms with Crippen LogP contribution in [0.25, 0.3) is 0 Å². The molecule has 8 heteroatoms. The lowest BCUT2D eigenvalue weighted by molar-refractivity contribution is -0.154. The van der Waals surface area contributed by atoms with E-state index in [1.807, 2.05) is 37.3 Å². The third-order valence-corrected chi connectivity index (χ3v) is 4.80. The molecule has 0 fully saturated rings. The molecule has 2 amide bonds. The van der Waals surface area contributed by atoms with Crippen LogP contribution in [0.5, 0.6) is 11.5 Å². The maximum Gasteiger partial charge on any atom is 0.326 e.